The third kappa shape index (κ3) is 3.16. The molecular formula is C21H17ClN6. The molecule has 6 nitrogen and oxygen atoms in total. The van der Waals surface area contributed by atoms with Gasteiger partial charge in [0.15, 0.2) is 5.82 Å². The predicted octanol–water partition coefficient (Wildman–Crippen LogP) is 4.78. The molecule has 1 fully saturated rings. The van der Waals surface area contributed by atoms with Crippen LogP contribution in [0.15, 0.2) is 55.1 Å². The average Bonchev–Trinajstić information content (AvgIpc) is 3.58. The predicted molar refractivity (Wildman–Crippen MR) is 110 cm³/mol. The van der Waals surface area contributed by atoms with Gasteiger partial charge >= 0.3 is 0 Å². The molecule has 28 heavy (non-hydrogen) atoms. The Hall–Kier alpha value is -3.12. The van der Waals surface area contributed by atoms with E-state index in [1.54, 1.807) is 24.8 Å². The SMILES string of the molecule is CN(c1cncc(-c2ccc(C3CC3)cc2)n1)c1nc(Cl)nc2cnccc12. The smallest absolute Gasteiger partial charge is 0.224 e. The second-order valence-electron chi connectivity index (χ2n) is 6.93. The van der Waals surface area contributed by atoms with E-state index in [0.717, 1.165) is 22.6 Å². The van der Waals surface area contributed by atoms with Crippen molar-refractivity contribution in [3.8, 4) is 11.3 Å². The number of rotatable bonds is 4. The largest absolute Gasteiger partial charge is 0.312 e. The van der Waals surface area contributed by atoms with Gasteiger partial charge in [-0.05, 0) is 42.0 Å². The van der Waals surface area contributed by atoms with Crippen molar-refractivity contribution in [2.24, 2.45) is 0 Å². The number of anilines is 2. The van der Waals surface area contributed by atoms with E-state index in [2.05, 4.69) is 44.2 Å². The fraction of sp³-hybridized carbons (Fsp3) is 0.190. The number of hydrogen-bond donors (Lipinski definition) is 0. The first kappa shape index (κ1) is 17.0. The molecule has 1 aliphatic carbocycles. The number of pyridine rings is 1. The maximum absolute atomic E-state index is 6.12. The van der Waals surface area contributed by atoms with Gasteiger partial charge in [-0.15, -0.1) is 0 Å². The van der Waals surface area contributed by atoms with Crippen LogP contribution in [0, 0.1) is 0 Å². The molecule has 1 aromatic carbocycles. The van der Waals surface area contributed by atoms with Gasteiger partial charge in [0, 0.05) is 24.2 Å². The highest BCUT2D eigenvalue weighted by atomic mass is 35.5. The number of halogens is 1. The first-order chi connectivity index (χ1) is 13.7. The minimum Gasteiger partial charge on any atom is -0.312 e. The number of fused-ring (bicyclic) bond motifs is 1. The monoisotopic (exact) mass is 388 g/mol. The number of benzene rings is 1. The lowest BCUT2D eigenvalue weighted by Crippen LogP contribution is -2.14. The Kier molecular flexibility index (Phi) is 4.13. The zero-order valence-corrected chi connectivity index (χ0v) is 16.0. The molecule has 138 valence electrons. The van der Waals surface area contributed by atoms with Crippen LogP contribution in [-0.4, -0.2) is 32.0 Å². The van der Waals surface area contributed by atoms with Crippen LogP contribution in [0.25, 0.3) is 22.2 Å². The normalized spacial score (nSPS) is 13.6. The van der Waals surface area contributed by atoms with Crippen LogP contribution in [0.2, 0.25) is 5.28 Å². The third-order valence-corrected chi connectivity index (χ3v) is 5.16. The summed E-state index contributed by atoms with van der Waals surface area (Å²) in [7, 11) is 1.89. The highest BCUT2D eigenvalue weighted by molar-refractivity contribution is 6.28. The molecule has 0 spiro atoms. The highest BCUT2D eigenvalue weighted by Crippen LogP contribution is 2.40. The molecule has 0 unspecified atom stereocenters. The second kappa shape index (κ2) is 6.80. The van der Waals surface area contributed by atoms with E-state index in [0.29, 0.717) is 17.2 Å². The molecule has 0 aliphatic heterocycles. The van der Waals surface area contributed by atoms with Crippen molar-refractivity contribution in [1.29, 1.82) is 0 Å². The lowest BCUT2D eigenvalue weighted by atomic mass is 10.1. The first-order valence-corrected chi connectivity index (χ1v) is 9.50. The molecule has 5 rings (SSSR count). The van der Waals surface area contributed by atoms with Crippen molar-refractivity contribution >= 4 is 34.1 Å². The summed E-state index contributed by atoms with van der Waals surface area (Å²) in [6.07, 6.45) is 9.46. The van der Waals surface area contributed by atoms with Gasteiger partial charge < -0.3 is 4.90 Å². The molecule has 0 amide bonds. The summed E-state index contributed by atoms with van der Waals surface area (Å²) in [5.41, 5.74) is 3.95. The molecule has 0 atom stereocenters. The van der Waals surface area contributed by atoms with E-state index in [9.17, 15) is 0 Å². The van der Waals surface area contributed by atoms with Gasteiger partial charge in [-0.1, -0.05) is 24.3 Å². The van der Waals surface area contributed by atoms with Crippen LogP contribution in [0.4, 0.5) is 11.6 Å². The molecule has 0 N–H and O–H groups in total. The van der Waals surface area contributed by atoms with Gasteiger partial charge in [0.2, 0.25) is 5.28 Å². The van der Waals surface area contributed by atoms with Crippen LogP contribution >= 0.6 is 11.6 Å². The standard InChI is InChI=1S/C21H17ClN6/c1-28(20-16-8-9-23-11-18(16)26-21(22)27-20)19-12-24-10-17(25-19)15-6-4-14(5-7-15)13-2-3-13/h4-13H,2-3H2,1H3. The van der Waals surface area contributed by atoms with Crippen LogP contribution in [-0.2, 0) is 0 Å². The summed E-state index contributed by atoms with van der Waals surface area (Å²) < 4.78 is 0. The quantitative estimate of drug-likeness (QED) is 0.468. The molecule has 3 heterocycles. The summed E-state index contributed by atoms with van der Waals surface area (Å²) in [4.78, 5) is 23.8. The van der Waals surface area contributed by atoms with Crippen LogP contribution in [0.5, 0.6) is 0 Å². The van der Waals surface area contributed by atoms with Crippen molar-refractivity contribution < 1.29 is 0 Å². The average molecular weight is 389 g/mol. The Morgan fingerprint density at radius 3 is 2.54 bits per heavy atom. The summed E-state index contributed by atoms with van der Waals surface area (Å²) >= 11 is 6.12. The fourth-order valence-electron chi connectivity index (χ4n) is 3.30. The van der Waals surface area contributed by atoms with E-state index in [1.165, 1.54) is 18.4 Å². The van der Waals surface area contributed by atoms with Crippen LogP contribution in [0.1, 0.15) is 24.3 Å². The van der Waals surface area contributed by atoms with Gasteiger partial charge in [0.25, 0.3) is 0 Å². The molecule has 1 aliphatic rings. The van der Waals surface area contributed by atoms with E-state index in [1.807, 2.05) is 18.0 Å². The van der Waals surface area contributed by atoms with Gasteiger partial charge in [0.05, 0.1) is 29.8 Å². The van der Waals surface area contributed by atoms with E-state index < -0.39 is 0 Å². The van der Waals surface area contributed by atoms with Gasteiger partial charge in [-0.3, -0.25) is 9.97 Å². The topological polar surface area (TPSA) is 67.7 Å². The molecule has 0 radical (unpaired) electrons. The number of aromatic nitrogens is 5. The minimum atomic E-state index is 0.169. The summed E-state index contributed by atoms with van der Waals surface area (Å²) in [6.45, 7) is 0. The summed E-state index contributed by atoms with van der Waals surface area (Å²) in [5, 5.41) is 1.02. The van der Waals surface area contributed by atoms with Crippen molar-refractivity contribution in [2.45, 2.75) is 18.8 Å². The molecule has 4 aromatic rings. The number of nitrogens with zero attached hydrogens (tertiary/aromatic N) is 6. The molecule has 1 saturated carbocycles. The van der Waals surface area contributed by atoms with Crippen molar-refractivity contribution in [1.82, 2.24) is 24.9 Å². The van der Waals surface area contributed by atoms with E-state index in [-0.39, 0.29) is 5.28 Å². The van der Waals surface area contributed by atoms with E-state index in [4.69, 9.17) is 16.6 Å². The Morgan fingerprint density at radius 1 is 0.929 bits per heavy atom. The highest BCUT2D eigenvalue weighted by Gasteiger charge is 2.23. The number of hydrogen-bond acceptors (Lipinski definition) is 6. The Labute approximate surface area is 167 Å². The maximum atomic E-state index is 6.12. The van der Waals surface area contributed by atoms with Crippen molar-refractivity contribution in [3.63, 3.8) is 0 Å². The third-order valence-electron chi connectivity index (χ3n) is 4.99. The summed E-state index contributed by atoms with van der Waals surface area (Å²) in [5.74, 6) is 2.08. The van der Waals surface area contributed by atoms with Crippen LogP contribution in [0.3, 0.4) is 0 Å². The summed E-state index contributed by atoms with van der Waals surface area (Å²) in [6, 6.07) is 10.5. The van der Waals surface area contributed by atoms with Gasteiger partial charge in [-0.25, -0.2) is 9.97 Å². The van der Waals surface area contributed by atoms with Crippen LogP contribution < -0.4 is 4.90 Å². The zero-order valence-electron chi connectivity index (χ0n) is 15.2. The maximum Gasteiger partial charge on any atom is 0.224 e. The molecule has 0 bridgehead atoms. The molecular weight excluding hydrogens is 372 g/mol. The fourth-order valence-corrected chi connectivity index (χ4v) is 3.47. The molecule has 0 saturated heterocycles. The second-order valence-corrected chi connectivity index (χ2v) is 7.26. The first-order valence-electron chi connectivity index (χ1n) is 9.12. The lowest BCUT2D eigenvalue weighted by Gasteiger charge is -2.19. The minimum absolute atomic E-state index is 0.169. The van der Waals surface area contributed by atoms with Crippen molar-refractivity contribution in [3.05, 3.63) is 66.0 Å². The molecule has 3 aromatic heterocycles. The Morgan fingerprint density at radius 2 is 1.75 bits per heavy atom. The van der Waals surface area contributed by atoms with E-state index >= 15 is 0 Å². The van der Waals surface area contributed by atoms with Gasteiger partial charge in [-0.2, -0.15) is 4.98 Å². The Bertz CT molecular complexity index is 1160. The molecule has 7 heteroatoms. The van der Waals surface area contributed by atoms with Crippen molar-refractivity contribution in [2.75, 3.05) is 11.9 Å². The Balaban J connectivity index is 1.52. The zero-order chi connectivity index (χ0) is 19.1. The lowest BCUT2D eigenvalue weighted by molar-refractivity contribution is 1.05. The van der Waals surface area contributed by atoms with Gasteiger partial charge in [0.1, 0.15) is 5.82 Å².